The lowest BCUT2D eigenvalue weighted by atomic mass is 10.0. The van der Waals surface area contributed by atoms with E-state index in [2.05, 4.69) is 10.4 Å². The Morgan fingerprint density at radius 1 is 1.10 bits per heavy atom. The number of rotatable bonds is 7. The van der Waals surface area contributed by atoms with Crippen molar-refractivity contribution in [1.29, 1.82) is 0 Å². The van der Waals surface area contributed by atoms with Gasteiger partial charge in [0.15, 0.2) is 5.78 Å². The van der Waals surface area contributed by atoms with Crippen molar-refractivity contribution < 1.29 is 14.3 Å². The van der Waals surface area contributed by atoms with E-state index < -0.39 is 0 Å². The zero-order chi connectivity index (χ0) is 21.0. The maximum Gasteiger partial charge on any atom is 0.291 e. The molecular formula is C22H23N3O4. The predicted octanol–water partition coefficient (Wildman–Crippen LogP) is 3.89. The van der Waals surface area contributed by atoms with Gasteiger partial charge in [-0.05, 0) is 26.0 Å². The quantitative estimate of drug-likeness (QED) is 0.613. The molecule has 7 heteroatoms. The number of ether oxygens (including phenoxy) is 2. The number of hydrogen-bond donors (Lipinski definition) is 1. The minimum absolute atomic E-state index is 0.153. The molecule has 7 nitrogen and oxygen atoms in total. The lowest BCUT2D eigenvalue weighted by molar-refractivity contribution is 0.101. The average molecular weight is 393 g/mol. The second-order valence-electron chi connectivity index (χ2n) is 6.33. The number of nitrogens with zero attached hydrogens (tertiary/aromatic N) is 2. The van der Waals surface area contributed by atoms with Crippen molar-refractivity contribution in [2.24, 2.45) is 0 Å². The second kappa shape index (κ2) is 8.60. The number of nitrogens with one attached hydrogen (secondary N) is 1. The molecule has 2 aromatic carbocycles. The number of anilines is 2. The number of benzene rings is 2. The van der Waals surface area contributed by atoms with Gasteiger partial charge in [0.1, 0.15) is 22.9 Å². The van der Waals surface area contributed by atoms with E-state index in [4.69, 9.17) is 9.47 Å². The summed E-state index contributed by atoms with van der Waals surface area (Å²) < 4.78 is 12.0. The van der Waals surface area contributed by atoms with Crippen molar-refractivity contribution in [3.63, 3.8) is 0 Å². The number of methoxy groups -OCH3 is 2. The molecule has 3 aromatic rings. The standard InChI is InChI=1S/C22H23N3O4/c1-5-25-22(27)21(23-17-13-16(28-3)11-12-18(17)29-4)19(14(2)26)20(24-25)15-9-7-6-8-10-15/h6-13,23H,5H2,1-4H3. The topological polar surface area (TPSA) is 82.5 Å². The number of hydrogen-bond acceptors (Lipinski definition) is 6. The van der Waals surface area contributed by atoms with E-state index in [1.165, 1.54) is 18.7 Å². The molecule has 0 amide bonds. The van der Waals surface area contributed by atoms with E-state index in [1.807, 2.05) is 37.3 Å². The second-order valence-corrected chi connectivity index (χ2v) is 6.33. The first-order valence-corrected chi connectivity index (χ1v) is 9.20. The van der Waals surface area contributed by atoms with Gasteiger partial charge in [-0.1, -0.05) is 30.3 Å². The first-order valence-electron chi connectivity index (χ1n) is 9.20. The van der Waals surface area contributed by atoms with Crippen molar-refractivity contribution in [3.05, 3.63) is 64.4 Å². The van der Waals surface area contributed by atoms with Gasteiger partial charge < -0.3 is 14.8 Å². The monoisotopic (exact) mass is 393 g/mol. The summed E-state index contributed by atoms with van der Waals surface area (Å²) in [5, 5.41) is 7.55. The van der Waals surface area contributed by atoms with Crippen LogP contribution in [0.4, 0.5) is 11.4 Å². The van der Waals surface area contributed by atoms with Crippen LogP contribution < -0.4 is 20.3 Å². The lowest BCUT2D eigenvalue weighted by Gasteiger charge is -2.18. The molecule has 29 heavy (non-hydrogen) atoms. The number of Topliss-reactive ketones (excluding diaryl/α,β-unsaturated/α-hetero) is 1. The fourth-order valence-electron chi connectivity index (χ4n) is 3.09. The van der Waals surface area contributed by atoms with Gasteiger partial charge in [0.2, 0.25) is 0 Å². The lowest BCUT2D eigenvalue weighted by Crippen LogP contribution is -2.28. The minimum atomic E-state index is -0.387. The first-order chi connectivity index (χ1) is 14.0. The number of ketones is 1. The van der Waals surface area contributed by atoms with E-state index >= 15 is 0 Å². The van der Waals surface area contributed by atoms with E-state index in [0.717, 1.165) is 5.56 Å². The molecule has 0 saturated carbocycles. The molecule has 0 radical (unpaired) electrons. The van der Waals surface area contributed by atoms with Gasteiger partial charge in [0, 0.05) is 18.2 Å². The van der Waals surface area contributed by atoms with Crippen molar-refractivity contribution in [3.8, 4) is 22.8 Å². The number of carbonyl (C=O) groups is 1. The van der Waals surface area contributed by atoms with Crippen molar-refractivity contribution in [2.45, 2.75) is 20.4 Å². The van der Waals surface area contributed by atoms with Gasteiger partial charge >= 0.3 is 0 Å². The van der Waals surface area contributed by atoms with Gasteiger partial charge in [0.25, 0.3) is 5.56 Å². The van der Waals surface area contributed by atoms with E-state index in [9.17, 15) is 9.59 Å². The molecule has 1 aromatic heterocycles. The Morgan fingerprint density at radius 3 is 2.41 bits per heavy atom. The third-order valence-electron chi connectivity index (χ3n) is 4.52. The summed E-state index contributed by atoms with van der Waals surface area (Å²) in [7, 11) is 3.09. The zero-order valence-electron chi connectivity index (χ0n) is 16.9. The molecule has 0 unspecified atom stereocenters. The Morgan fingerprint density at radius 2 is 1.83 bits per heavy atom. The van der Waals surface area contributed by atoms with Crippen LogP contribution in [-0.2, 0) is 6.54 Å². The fourth-order valence-corrected chi connectivity index (χ4v) is 3.09. The predicted molar refractivity (Wildman–Crippen MR) is 112 cm³/mol. The molecule has 3 rings (SSSR count). The molecule has 150 valence electrons. The average Bonchev–Trinajstić information content (AvgIpc) is 2.75. The van der Waals surface area contributed by atoms with Crippen LogP contribution in [0, 0.1) is 0 Å². The Balaban J connectivity index is 2.28. The summed E-state index contributed by atoms with van der Waals surface area (Å²) in [6.07, 6.45) is 0. The third-order valence-corrected chi connectivity index (χ3v) is 4.52. The molecule has 0 aliphatic carbocycles. The van der Waals surface area contributed by atoms with E-state index in [1.54, 1.807) is 25.3 Å². The normalized spacial score (nSPS) is 10.5. The van der Waals surface area contributed by atoms with Crippen molar-refractivity contribution in [1.82, 2.24) is 9.78 Å². The van der Waals surface area contributed by atoms with Crippen LogP contribution in [0.5, 0.6) is 11.5 Å². The molecule has 1 N–H and O–H groups in total. The van der Waals surface area contributed by atoms with Crippen LogP contribution in [0.2, 0.25) is 0 Å². The highest BCUT2D eigenvalue weighted by Crippen LogP contribution is 2.33. The largest absolute Gasteiger partial charge is 0.497 e. The number of carbonyl (C=O) groups excluding carboxylic acids is 1. The Kier molecular flexibility index (Phi) is 5.97. The summed E-state index contributed by atoms with van der Waals surface area (Å²) in [6, 6.07) is 14.5. The van der Waals surface area contributed by atoms with Crippen LogP contribution in [-0.4, -0.2) is 29.8 Å². The zero-order valence-corrected chi connectivity index (χ0v) is 16.9. The summed E-state index contributed by atoms with van der Waals surface area (Å²) in [5.74, 6) is 0.840. The SMILES string of the molecule is CCn1nc(-c2ccccc2)c(C(C)=O)c(Nc2cc(OC)ccc2OC)c1=O. The Bertz CT molecular complexity index is 1090. The Hall–Kier alpha value is -3.61. The third kappa shape index (κ3) is 3.99. The molecule has 0 bridgehead atoms. The van der Waals surface area contributed by atoms with Gasteiger partial charge in [0.05, 0.1) is 25.5 Å². The van der Waals surface area contributed by atoms with Crippen LogP contribution in [0.15, 0.2) is 53.3 Å². The van der Waals surface area contributed by atoms with Gasteiger partial charge in [-0.15, -0.1) is 0 Å². The Labute approximate surface area is 168 Å². The molecule has 0 aliphatic heterocycles. The molecule has 0 saturated heterocycles. The van der Waals surface area contributed by atoms with Crippen LogP contribution >= 0.6 is 0 Å². The van der Waals surface area contributed by atoms with Gasteiger partial charge in [-0.25, -0.2) is 4.68 Å². The van der Waals surface area contributed by atoms with E-state index in [-0.39, 0.29) is 22.6 Å². The summed E-state index contributed by atoms with van der Waals surface area (Å²) in [6.45, 7) is 3.61. The molecule has 1 heterocycles. The number of aryl methyl sites for hydroxylation is 1. The highest BCUT2D eigenvalue weighted by Gasteiger charge is 2.22. The summed E-state index contributed by atoms with van der Waals surface area (Å²) in [5.41, 5.74) is 1.71. The minimum Gasteiger partial charge on any atom is -0.497 e. The van der Waals surface area contributed by atoms with E-state index in [0.29, 0.717) is 29.4 Å². The van der Waals surface area contributed by atoms with Crippen molar-refractivity contribution >= 4 is 17.2 Å². The molecule has 0 atom stereocenters. The molecule has 0 fully saturated rings. The highest BCUT2D eigenvalue weighted by molar-refractivity contribution is 6.05. The fraction of sp³-hybridized carbons (Fsp3) is 0.227. The van der Waals surface area contributed by atoms with Crippen LogP contribution in [0.25, 0.3) is 11.3 Å². The summed E-state index contributed by atoms with van der Waals surface area (Å²) in [4.78, 5) is 25.7. The van der Waals surface area contributed by atoms with Gasteiger partial charge in [-0.2, -0.15) is 5.10 Å². The summed E-state index contributed by atoms with van der Waals surface area (Å²) >= 11 is 0. The van der Waals surface area contributed by atoms with Gasteiger partial charge in [-0.3, -0.25) is 9.59 Å². The first kappa shape index (κ1) is 20.1. The molecule has 0 spiro atoms. The highest BCUT2D eigenvalue weighted by atomic mass is 16.5. The maximum absolute atomic E-state index is 13.1. The molecule has 0 aliphatic rings. The molecular weight excluding hydrogens is 370 g/mol. The maximum atomic E-state index is 13.1. The number of aromatic nitrogens is 2. The van der Waals surface area contributed by atoms with Crippen molar-refractivity contribution in [2.75, 3.05) is 19.5 Å². The van der Waals surface area contributed by atoms with Crippen LogP contribution in [0.3, 0.4) is 0 Å². The smallest absolute Gasteiger partial charge is 0.291 e. The van der Waals surface area contributed by atoms with Crippen LogP contribution in [0.1, 0.15) is 24.2 Å².